The Bertz CT molecular complexity index is 704. The van der Waals surface area contributed by atoms with E-state index in [1.807, 2.05) is 24.5 Å². The van der Waals surface area contributed by atoms with Gasteiger partial charge < -0.3 is 10.2 Å². The summed E-state index contributed by atoms with van der Waals surface area (Å²) >= 11 is 1.78. The van der Waals surface area contributed by atoms with Gasteiger partial charge >= 0.3 is 0 Å². The maximum Gasteiger partial charge on any atom is 0.134 e. The van der Waals surface area contributed by atoms with Crippen molar-refractivity contribution in [3.8, 4) is 0 Å². The molecule has 4 heteroatoms. The molecule has 0 aliphatic rings. The highest BCUT2D eigenvalue weighted by Gasteiger charge is 2.24. The van der Waals surface area contributed by atoms with E-state index in [1.165, 1.54) is 10.4 Å². The summed E-state index contributed by atoms with van der Waals surface area (Å²) in [5, 5.41) is 3.27. The molecule has 0 bridgehead atoms. The van der Waals surface area contributed by atoms with Gasteiger partial charge in [-0.1, -0.05) is 24.3 Å². The third kappa shape index (κ3) is 2.62. The maximum absolute atomic E-state index is 6.07. The minimum Gasteiger partial charge on any atom is -0.464 e. The number of furan rings is 1. The summed E-state index contributed by atoms with van der Waals surface area (Å²) in [6, 6.07) is 12.9. The molecule has 2 N–H and O–H groups in total. The van der Waals surface area contributed by atoms with Gasteiger partial charge in [-0.2, -0.15) is 0 Å². The maximum atomic E-state index is 6.07. The molecule has 0 fully saturated rings. The van der Waals surface area contributed by atoms with Gasteiger partial charge in [0.05, 0.1) is 12.3 Å². The fraction of sp³-hybridized carbons (Fsp3) is 0.294. The predicted octanol–water partition coefficient (Wildman–Crippen LogP) is 4.19. The van der Waals surface area contributed by atoms with Crippen LogP contribution in [0.25, 0.3) is 11.0 Å². The highest BCUT2D eigenvalue weighted by atomic mass is 32.1. The molecule has 0 saturated heterocycles. The number of likely N-dealkylation sites (N-methyl/N-ethyl adjacent to an activating group) is 1. The Kier molecular flexibility index (Phi) is 4.10. The van der Waals surface area contributed by atoms with Crippen LogP contribution in [0.5, 0.6) is 0 Å². The van der Waals surface area contributed by atoms with Crippen molar-refractivity contribution in [3.05, 3.63) is 58.5 Å². The van der Waals surface area contributed by atoms with E-state index in [2.05, 4.69) is 42.5 Å². The fourth-order valence-corrected chi connectivity index (χ4v) is 3.60. The predicted molar refractivity (Wildman–Crippen MR) is 88.5 cm³/mol. The van der Waals surface area contributed by atoms with Gasteiger partial charge in [-0.25, -0.2) is 0 Å². The van der Waals surface area contributed by atoms with E-state index >= 15 is 0 Å². The number of thiophene rings is 1. The standard InChI is InChI=1S/C17H20N2OS/c1-12(17-8-5-9-21-17)19(2)15(10-18)14-11-20-16-7-4-3-6-13(14)16/h3-9,11-12,15H,10,18H2,1-2H3. The molecule has 3 aromatic rings. The van der Waals surface area contributed by atoms with E-state index < -0.39 is 0 Å². The number of fused-ring (bicyclic) bond motifs is 1. The van der Waals surface area contributed by atoms with Crippen LogP contribution in [0.4, 0.5) is 0 Å². The molecule has 21 heavy (non-hydrogen) atoms. The summed E-state index contributed by atoms with van der Waals surface area (Å²) in [5.74, 6) is 0. The quantitative estimate of drug-likeness (QED) is 0.768. The van der Waals surface area contributed by atoms with Gasteiger partial charge in [-0.05, 0) is 31.5 Å². The molecule has 2 unspecified atom stereocenters. The summed E-state index contributed by atoms with van der Waals surface area (Å²) in [7, 11) is 2.13. The van der Waals surface area contributed by atoms with Crippen LogP contribution in [-0.2, 0) is 0 Å². The zero-order chi connectivity index (χ0) is 14.8. The smallest absolute Gasteiger partial charge is 0.134 e. The zero-order valence-corrected chi connectivity index (χ0v) is 13.1. The molecule has 0 saturated carbocycles. The van der Waals surface area contributed by atoms with Gasteiger partial charge in [0.2, 0.25) is 0 Å². The Hall–Kier alpha value is -1.62. The highest BCUT2D eigenvalue weighted by molar-refractivity contribution is 7.10. The first kappa shape index (κ1) is 14.3. The summed E-state index contributed by atoms with van der Waals surface area (Å²) < 4.78 is 5.67. The molecule has 0 amide bonds. The fourth-order valence-electron chi connectivity index (χ4n) is 2.77. The van der Waals surface area contributed by atoms with Crippen LogP contribution in [-0.4, -0.2) is 18.5 Å². The third-order valence-corrected chi connectivity index (χ3v) is 5.19. The first-order chi connectivity index (χ1) is 10.2. The minimum atomic E-state index is 0.144. The number of hydrogen-bond donors (Lipinski definition) is 1. The minimum absolute atomic E-state index is 0.144. The molecule has 3 nitrogen and oxygen atoms in total. The molecule has 2 aromatic heterocycles. The van der Waals surface area contributed by atoms with Crippen molar-refractivity contribution in [3.63, 3.8) is 0 Å². The first-order valence-corrected chi connectivity index (χ1v) is 8.02. The molecule has 0 radical (unpaired) electrons. The molecule has 1 aromatic carbocycles. The van der Waals surface area contributed by atoms with Crippen LogP contribution in [0.3, 0.4) is 0 Å². The first-order valence-electron chi connectivity index (χ1n) is 7.14. The summed E-state index contributed by atoms with van der Waals surface area (Å²) in [5.41, 5.74) is 8.15. The van der Waals surface area contributed by atoms with Crippen molar-refractivity contribution < 1.29 is 4.42 Å². The lowest BCUT2D eigenvalue weighted by molar-refractivity contribution is 0.193. The van der Waals surface area contributed by atoms with E-state index in [0.717, 1.165) is 11.0 Å². The van der Waals surface area contributed by atoms with Gasteiger partial charge in [-0.3, -0.25) is 4.90 Å². The van der Waals surface area contributed by atoms with Crippen LogP contribution in [0.15, 0.2) is 52.5 Å². The van der Waals surface area contributed by atoms with Crippen LogP contribution < -0.4 is 5.73 Å². The van der Waals surface area contributed by atoms with Gasteiger partial charge in [0.1, 0.15) is 5.58 Å². The third-order valence-electron chi connectivity index (χ3n) is 4.15. The molecular formula is C17H20N2OS. The lowest BCUT2D eigenvalue weighted by Gasteiger charge is -2.31. The number of benzene rings is 1. The molecule has 2 heterocycles. The van der Waals surface area contributed by atoms with E-state index in [1.54, 1.807) is 11.3 Å². The van der Waals surface area contributed by atoms with E-state index in [4.69, 9.17) is 10.2 Å². The number of hydrogen-bond acceptors (Lipinski definition) is 4. The molecule has 0 aliphatic heterocycles. The highest BCUT2D eigenvalue weighted by Crippen LogP contribution is 2.34. The van der Waals surface area contributed by atoms with Gasteiger partial charge in [0.15, 0.2) is 0 Å². The van der Waals surface area contributed by atoms with Crippen molar-refractivity contribution >= 4 is 22.3 Å². The summed E-state index contributed by atoms with van der Waals surface area (Å²) in [6.07, 6.45) is 1.85. The number of nitrogens with two attached hydrogens (primary N) is 1. The molecule has 0 aliphatic carbocycles. The van der Waals surface area contributed by atoms with Crippen molar-refractivity contribution in [2.45, 2.75) is 19.0 Å². The van der Waals surface area contributed by atoms with E-state index in [-0.39, 0.29) is 6.04 Å². The van der Waals surface area contributed by atoms with Crippen LogP contribution >= 0.6 is 11.3 Å². The Balaban J connectivity index is 1.94. The topological polar surface area (TPSA) is 42.4 Å². The van der Waals surface area contributed by atoms with Crippen LogP contribution in [0, 0.1) is 0 Å². The molecule has 3 rings (SSSR count). The van der Waals surface area contributed by atoms with Crippen molar-refractivity contribution in [1.82, 2.24) is 4.90 Å². The summed E-state index contributed by atoms with van der Waals surface area (Å²) in [4.78, 5) is 3.67. The lowest BCUT2D eigenvalue weighted by atomic mass is 10.0. The lowest BCUT2D eigenvalue weighted by Crippen LogP contribution is -2.32. The normalized spacial score (nSPS) is 14.7. The number of rotatable bonds is 5. The van der Waals surface area contributed by atoms with Crippen molar-refractivity contribution in [1.29, 1.82) is 0 Å². The molecular weight excluding hydrogens is 280 g/mol. The summed E-state index contributed by atoms with van der Waals surface area (Å²) in [6.45, 7) is 2.78. The van der Waals surface area contributed by atoms with Gasteiger partial charge in [-0.15, -0.1) is 11.3 Å². The number of para-hydroxylation sites is 1. The average molecular weight is 300 g/mol. The average Bonchev–Trinajstić information content (AvgIpc) is 3.17. The van der Waals surface area contributed by atoms with Crippen molar-refractivity contribution in [2.75, 3.05) is 13.6 Å². The second kappa shape index (κ2) is 6.02. The molecule has 2 atom stereocenters. The van der Waals surface area contributed by atoms with Crippen molar-refractivity contribution in [2.24, 2.45) is 5.73 Å². The zero-order valence-electron chi connectivity index (χ0n) is 12.3. The SMILES string of the molecule is CC(c1cccs1)N(C)C(CN)c1coc2ccccc12. The second-order valence-electron chi connectivity index (χ2n) is 5.30. The van der Waals surface area contributed by atoms with E-state index in [9.17, 15) is 0 Å². The largest absolute Gasteiger partial charge is 0.464 e. The monoisotopic (exact) mass is 300 g/mol. The Morgan fingerprint density at radius 3 is 2.76 bits per heavy atom. The van der Waals surface area contributed by atoms with E-state index in [0.29, 0.717) is 12.6 Å². The molecule has 110 valence electrons. The van der Waals surface area contributed by atoms with Crippen LogP contribution in [0.1, 0.15) is 29.4 Å². The van der Waals surface area contributed by atoms with Crippen LogP contribution in [0.2, 0.25) is 0 Å². The Morgan fingerprint density at radius 2 is 2.05 bits per heavy atom. The Morgan fingerprint density at radius 1 is 1.24 bits per heavy atom. The van der Waals surface area contributed by atoms with Gasteiger partial charge in [0.25, 0.3) is 0 Å². The molecule has 0 spiro atoms. The number of nitrogens with zero attached hydrogens (tertiary/aromatic N) is 1. The Labute approximate surface area is 129 Å². The second-order valence-corrected chi connectivity index (χ2v) is 6.27. The van der Waals surface area contributed by atoms with Gasteiger partial charge in [0, 0.05) is 28.4 Å².